The molecule has 0 N–H and O–H groups in total. The van der Waals surface area contributed by atoms with Gasteiger partial charge in [-0.25, -0.2) is 0 Å². The van der Waals surface area contributed by atoms with E-state index in [2.05, 4.69) is 0 Å². The van der Waals surface area contributed by atoms with Crippen molar-refractivity contribution in [2.24, 2.45) is 0 Å². The molecule has 16 heavy (non-hydrogen) atoms. The van der Waals surface area contributed by atoms with Crippen LogP contribution in [0.15, 0.2) is 24.3 Å². The van der Waals surface area contributed by atoms with Gasteiger partial charge in [0.2, 0.25) is 11.6 Å². The summed E-state index contributed by atoms with van der Waals surface area (Å²) < 4.78 is 0. The van der Waals surface area contributed by atoms with Gasteiger partial charge in [-0.3, -0.25) is 9.59 Å². The minimum Gasteiger partial charge on any atom is -0.285 e. The van der Waals surface area contributed by atoms with Crippen LogP contribution in [0, 0.1) is 0 Å². The molecule has 4 heteroatoms. The zero-order chi connectivity index (χ0) is 11.4. The number of hydrogen-bond donors (Lipinski definition) is 0. The maximum Gasteiger partial charge on any atom is 0.235 e. The van der Waals surface area contributed by atoms with E-state index in [1.807, 2.05) is 0 Å². The van der Waals surface area contributed by atoms with Gasteiger partial charge in [-0.1, -0.05) is 41.4 Å². The van der Waals surface area contributed by atoms with E-state index in [1.165, 1.54) is 0 Å². The summed E-state index contributed by atoms with van der Waals surface area (Å²) in [4.78, 5) is 23.4. The first kappa shape index (κ1) is 9.82. The molecule has 0 heterocycles. The number of carbonyl (C=O) groups excluding carboxylic acids is 2. The third-order valence-corrected chi connectivity index (χ3v) is 3.52. The van der Waals surface area contributed by atoms with Gasteiger partial charge >= 0.3 is 0 Å². The van der Waals surface area contributed by atoms with Crippen LogP contribution in [0.3, 0.4) is 0 Å². The molecule has 0 saturated carbocycles. The largest absolute Gasteiger partial charge is 0.285 e. The fraction of sp³-hybridized carbons (Fsp3) is 0. The standard InChI is InChI=1S/C12H4Cl2O2/c13-7-4-5-2-1-3-6-8(5)9(10(7)14)12(16)11(6)15/h1-4H. The number of hydrogen-bond acceptors (Lipinski definition) is 2. The highest BCUT2D eigenvalue weighted by atomic mass is 35.5. The molecule has 1 aliphatic carbocycles. The first-order valence-corrected chi connectivity index (χ1v) is 5.36. The Kier molecular flexibility index (Phi) is 1.88. The summed E-state index contributed by atoms with van der Waals surface area (Å²) in [5.41, 5.74) is 0.654. The van der Waals surface area contributed by atoms with E-state index in [0.717, 1.165) is 5.39 Å². The van der Waals surface area contributed by atoms with Gasteiger partial charge in [-0.2, -0.15) is 0 Å². The van der Waals surface area contributed by atoms with E-state index in [0.29, 0.717) is 16.0 Å². The average molecular weight is 251 g/mol. The van der Waals surface area contributed by atoms with E-state index in [9.17, 15) is 9.59 Å². The number of ketones is 2. The van der Waals surface area contributed by atoms with Crippen molar-refractivity contribution in [1.82, 2.24) is 0 Å². The molecule has 78 valence electrons. The fourth-order valence-electron chi connectivity index (χ4n) is 2.04. The van der Waals surface area contributed by atoms with Crippen molar-refractivity contribution in [1.29, 1.82) is 0 Å². The average Bonchev–Trinajstić information content (AvgIpc) is 2.52. The molecule has 2 aromatic rings. The van der Waals surface area contributed by atoms with Gasteiger partial charge < -0.3 is 0 Å². The molecule has 0 fully saturated rings. The molecule has 0 radical (unpaired) electrons. The number of carbonyl (C=O) groups is 2. The van der Waals surface area contributed by atoms with Gasteiger partial charge in [0.15, 0.2) is 0 Å². The van der Waals surface area contributed by atoms with Crippen LogP contribution in [-0.2, 0) is 0 Å². The monoisotopic (exact) mass is 250 g/mol. The molecule has 0 unspecified atom stereocenters. The zero-order valence-electron chi connectivity index (χ0n) is 7.88. The zero-order valence-corrected chi connectivity index (χ0v) is 9.39. The minimum absolute atomic E-state index is 0.164. The normalized spacial score (nSPS) is 13.9. The molecule has 1 aliphatic rings. The summed E-state index contributed by atoms with van der Waals surface area (Å²) in [5.74, 6) is -1.08. The Morgan fingerprint density at radius 1 is 1.00 bits per heavy atom. The molecule has 0 saturated heterocycles. The summed E-state index contributed by atoms with van der Waals surface area (Å²) >= 11 is 11.9. The van der Waals surface area contributed by atoms with E-state index in [4.69, 9.17) is 23.2 Å². The van der Waals surface area contributed by atoms with E-state index < -0.39 is 11.6 Å². The summed E-state index contributed by atoms with van der Waals surface area (Å²) in [6.45, 7) is 0. The van der Waals surface area contributed by atoms with Crippen molar-refractivity contribution in [2.75, 3.05) is 0 Å². The van der Waals surface area contributed by atoms with Gasteiger partial charge in [0, 0.05) is 10.9 Å². The molecule has 0 atom stereocenters. The van der Waals surface area contributed by atoms with E-state index in [1.54, 1.807) is 24.3 Å². The maximum absolute atomic E-state index is 11.8. The van der Waals surface area contributed by atoms with Crippen LogP contribution in [0.1, 0.15) is 20.7 Å². The Morgan fingerprint density at radius 3 is 2.50 bits per heavy atom. The highest BCUT2D eigenvalue weighted by Crippen LogP contribution is 2.39. The lowest BCUT2D eigenvalue weighted by atomic mass is 10.1. The number of Topliss-reactive ketones (excluding diaryl/α,β-unsaturated/α-hetero) is 2. The quantitative estimate of drug-likeness (QED) is 0.671. The molecule has 0 aliphatic heterocycles. The SMILES string of the molecule is O=C1C(=O)c2c(Cl)c(Cl)cc3cccc1c23. The molecule has 3 rings (SSSR count). The van der Waals surface area contributed by atoms with Crippen LogP contribution >= 0.6 is 23.2 Å². The molecule has 2 aromatic carbocycles. The van der Waals surface area contributed by atoms with Crippen molar-refractivity contribution in [3.05, 3.63) is 45.4 Å². The van der Waals surface area contributed by atoms with Crippen LogP contribution in [0.2, 0.25) is 10.0 Å². The van der Waals surface area contributed by atoms with E-state index in [-0.39, 0.29) is 10.6 Å². The van der Waals surface area contributed by atoms with Crippen molar-refractivity contribution >= 4 is 45.5 Å². The van der Waals surface area contributed by atoms with Crippen LogP contribution in [0.25, 0.3) is 10.8 Å². The lowest BCUT2D eigenvalue weighted by Crippen LogP contribution is -2.06. The number of rotatable bonds is 0. The molecule has 0 bridgehead atoms. The van der Waals surface area contributed by atoms with Gasteiger partial charge in [-0.15, -0.1) is 0 Å². The summed E-state index contributed by atoms with van der Waals surface area (Å²) in [5, 5.41) is 1.84. The van der Waals surface area contributed by atoms with E-state index >= 15 is 0 Å². The smallest absolute Gasteiger partial charge is 0.235 e. The fourth-order valence-corrected chi connectivity index (χ4v) is 2.48. The Balaban J connectivity index is 2.63. The Bertz CT molecular complexity index is 674. The Labute approximate surface area is 101 Å². The van der Waals surface area contributed by atoms with Crippen molar-refractivity contribution < 1.29 is 9.59 Å². The third-order valence-electron chi connectivity index (χ3n) is 2.74. The van der Waals surface area contributed by atoms with Crippen molar-refractivity contribution in [2.45, 2.75) is 0 Å². The summed E-state index contributed by atoms with van der Waals surface area (Å²) in [7, 11) is 0. The van der Waals surface area contributed by atoms with Crippen molar-refractivity contribution in [3.63, 3.8) is 0 Å². The third kappa shape index (κ3) is 1.03. The molecule has 0 amide bonds. The molecular formula is C12H4Cl2O2. The first-order chi connectivity index (χ1) is 7.61. The van der Waals surface area contributed by atoms with Crippen LogP contribution in [0.4, 0.5) is 0 Å². The Hall–Kier alpha value is -1.38. The molecule has 0 spiro atoms. The lowest BCUT2D eigenvalue weighted by Gasteiger charge is -2.03. The maximum atomic E-state index is 11.8. The second kappa shape index (κ2) is 3.06. The van der Waals surface area contributed by atoms with Crippen LogP contribution in [-0.4, -0.2) is 11.6 Å². The summed E-state index contributed by atoms with van der Waals surface area (Å²) in [6, 6.07) is 6.82. The second-order valence-corrected chi connectivity index (χ2v) is 4.39. The predicted molar refractivity (Wildman–Crippen MR) is 62.6 cm³/mol. The van der Waals surface area contributed by atoms with Crippen LogP contribution in [0.5, 0.6) is 0 Å². The lowest BCUT2D eigenvalue weighted by molar-refractivity contribution is 0.0825. The molecule has 2 nitrogen and oxygen atoms in total. The summed E-state index contributed by atoms with van der Waals surface area (Å²) in [6.07, 6.45) is 0. The topological polar surface area (TPSA) is 34.1 Å². The van der Waals surface area contributed by atoms with Crippen molar-refractivity contribution in [3.8, 4) is 0 Å². The number of benzene rings is 2. The van der Waals surface area contributed by atoms with Gasteiger partial charge in [-0.05, 0) is 11.5 Å². The molecular weight excluding hydrogens is 247 g/mol. The van der Waals surface area contributed by atoms with Crippen LogP contribution < -0.4 is 0 Å². The minimum atomic E-state index is -0.571. The van der Waals surface area contributed by atoms with Gasteiger partial charge in [0.25, 0.3) is 0 Å². The van der Waals surface area contributed by atoms with Gasteiger partial charge in [0.05, 0.1) is 15.6 Å². The second-order valence-electron chi connectivity index (χ2n) is 3.61. The molecule has 0 aromatic heterocycles. The predicted octanol–water partition coefficient (Wildman–Crippen LogP) is 3.53. The Morgan fingerprint density at radius 2 is 1.75 bits per heavy atom. The van der Waals surface area contributed by atoms with Gasteiger partial charge in [0.1, 0.15) is 0 Å². The first-order valence-electron chi connectivity index (χ1n) is 4.61. The number of halogens is 2. The highest BCUT2D eigenvalue weighted by molar-refractivity contribution is 6.60. The highest BCUT2D eigenvalue weighted by Gasteiger charge is 2.33.